The summed E-state index contributed by atoms with van der Waals surface area (Å²) >= 11 is 1.70. The summed E-state index contributed by atoms with van der Waals surface area (Å²) in [5, 5.41) is 10.5. The zero-order chi connectivity index (χ0) is 14.5. The van der Waals surface area contributed by atoms with Crippen LogP contribution in [0.25, 0.3) is 10.6 Å². The minimum Gasteiger partial charge on any atom is -0.325 e. The van der Waals surface area contributed by atoms with Gasteiger partial charge in [0.2, 0.25) is 0 Å². The standard InChI is InChI=1S/C16H18N4S/c17-12-14-16(15-9-5-11-21-15)20(19-18-14)10-4-8-13-6-2-1-3-7-13/h1-3,5-7,9,11H,4,8,10,12,17H2. The normalized spacial score (nSPS) is 10.9. The Labute approximate surface area is 128 Å². The molecule has 2 heterocycles. The van der Waals surface area contributed by atoms with Crippen molar-refractivity contribution in [2.45, 2.75) is 25.9 Å². The molecule has 0 aliphatic carbocycles. The molecule has 0 bridgehead atoms. The molecule has 5 heteroatoms. The Balaban J connectivity index is 1.72. The van der Waals surface area contributed by atoms with Crippen LogP contribution in [0.4, 0.5) is 0 Å². The average molecular weight is 298 g/mol. The number of aryl methyl sites for hydroxylation is 2. The summed E-state index contributed by atoms with van der Waals surface area (Å²) in [6.45, 7) is 1.28. The molecule has 1 aromatic carbocycles. The zero-order valence-corrected chi connectivity index (χ0v) is 12.6. The zero-order valence-electron chi connectivity index (χ0n) is 11.8. The fourth-order valence-electron chi connectivity index (χ4n) is 2.40. The van der Waals surface area contributed by atoms with Gasteiger partial charge in [-0.3, -0.25) is 0 Å². The van der Waals surface area contributed by atoms with Gasteiger partial charge in [0.15, 0.2) is 0 Å². The third-order valence-corrected chi connectivity index (χ3v) is 4.31. The van der Waals surface area contributed by atoms with Crippen molar-refractivity contribution in [3.8, 4) is 10.6 Å². The number of hydrogen-bond donors (Lipinski definition) is 1. The Hall–Kier alpha value is -1.98. The second-order valence-electron chi connectivity index (χ2n) is 4.88. The fraction of sp³-hybridized carbons (Fsp3) is 0.250. The third kappa shape index (κ3) is 3.20. The Morgan fingerprint density at radius 1 is 1.10 bits per heavy atom. The Bertz CT molecular complexity index is 674. The maximum atomic E-state index is 5.78. The number of nitrogens with two attached hydrogens (primary N) is 1. The second kappa shape index (κ2) is 6.65. The summed E-state index contributed by atoms with van der Waals surface area (Å²) in [5.74, 6) is 0. The van der Waals surface area contributed by atoms with Gasteiger partial charge in [0.05, 0.1) is 4.88 Å². The van der Waals surface area contributed by atoms with Gasteiger partial charge in [-0.2, -0.15) is 0 Å². The van der Waals surface area contributed by atoms with Crippen LogP contribution in [0.1, 0.15) is 17.7 Å². The van der Waals surface area contributed by atoms with E-state index in [1.807, 2.05) is 16.8 Å². The van der Waals surface area contributed by atoms with Gasteiger partial charge in [-0.15, -0.1) is 16.4 Å². The van der Waals surface area contributed by atoms with E-state index in [1.54, 1.807) is 11.3 Å². The van der Waals surface area contributed by atoms with Gasteiger partial charge in [-0.25, -0.2) is 4.68 Å². The molecule has 4 nitrogen and oxygen atoms in total. The van der Waals surface area contributed by atoms with Gasteiger partial charge < -0.3 is 5.73 Å². The molecule has 21 heavy (non-hydrogen) atoms. The predicted molar refractivity (Wildman–Crippen MR) is 86.0 cm³/mol. The van der Waals surface area contributed by atoms with E-state index in [9.17, 15) is 0 Å². The van der Waals surface area contributed by atoms with Crippen molar-refractivity contribution in [2.24, 2.45) is 5.73 Å². The molecule has 0 saturated heterocycles. The fourth-order valence-corrected chi connectivity index (χ4v) is 3.20. The Morgan fingerprint density at radius 2 is 1.95 bits per heavy atom. The lowest BCUT2D eigenvalue weighted by Crippen LogP contribution is -2.05. The molecule has 0 unspecified atom stereocenters. The highest BCUT2D eigenvalue weighted by atomic mass is 32.1. The number of rotatable bonds is 6. The SMILES string of the molecule is NCc1nnn(CCCc2ccccc2)c1-c1cccs1. The molecule has 0 amide bonds. The summed E-state index contributed by atoms with van der Waals surface area (Å²) in [6, 6.07) is 14.7. The third-order valence-electron chi connectivity index (χ3n) is 3.43. The molecule has 2 aromatic heterocycles. The van der Waals surface area contributed by atoms with Gasteiger partial charge in [-0.1, -0.05) is 41.6 Å². The van der Waals surface area contributed by atoms with E-state index < -0.39 is 0 Å². The molecule has 2 N–H and O–H groups in total. The molecule has 0 fully saturated rings. The summed E-state index contributed by atoms with van der Waals surface area (Å²) in [5.41, 5.74) is 9.08. The smallest absolute Gasteiger partial charge is 0.105 e. The van der Waals surface area contributed by atoms with Crippen LogP contribution in [0.3, 0.4) is 0 Å². The minimum absolute atomic E-state index is 0.423. The van der Waals surface area contributed by atoms with E-state index in [-0.39, 0.29) is 0 Å². The molecule has 108 valence electrons. The summed E-state index contributed by atoms with van der Waals surface area (Å²) in [4.78, 5) is 1.18. The number of thiophene rings is 1. The van der Waals surface area contributed by atoms with Crippen LogP contribution in [0.2, 0.25) is 0 Å². The van der Waals surface area contributed by atoms with Gasteiger partial charge >= 0.3 is 0 Å². The molecule has 3 aromatic rings. The van der Waals surface area contributed by atoms with Crippen molar-refractivity contribution in [2.75, 3.05) is 0 Å². The van der Waals surface area contributed by atoms with Crippen molar-refractivity contribution in [1.82, 2.24) is 15.0 Å². The maximum absolute atomic E-state index is 5.78. The molecule has 0 aliphatic heterocycles. The van der Waals surface area contributed by atoms with E-state index in [1.165, 1.54) is 10.4 Å². The topological polar surface area (TPSA) is 56.7 Å². The van der Waals surface area contributed by atoms with Crippen LogP contribution in [-0.2, 0) is 19.5 Å². The van der Waals surface area contributed by atoms with Crippen molar-refractivity contribution >= 4 is 11.3 Å². The lowest BCUT2D eigenvalue weighted by molar-refractivity contribution is 0.564. The van der Waals surface area contributed by atoms with Crippen LogP contribution >= 0.6 is 11.3 Å². The molecular weight excluding hydrogens is 280 g/mol. The lowest BCUT2D eigenvalue weighted by Gasteiger charge is -2.06. The quantitative estimate of drug-likeness (QED) is 0.761. The van der Waals surface area contributed by atoms with Crippen LogP contribution < -0.4 is 5.73 Å². The van der Waals surface area contributed by atoms with Crippen LogP contribution in [0, 0.1) is 0 Å². The number of aromatic nitrogens is 3. The van der Waals surface area contributed by atoms with Crippen molar-refractivity contribution in [1.29, 1.82) is 0 Å². The minimum atomic E-state index is 0.423. The van der Waals surface area contributed by atoms with Crippen LogP contribution in [0.5, 0.6) is 0 Å². The lowest BCUT2D eigenvalue weighted by atomic mass is 10.1. The van der Waals surface area contributed by atoms with E-state index in [0.29, 0.717) is 6.54 Å². The van der Waals surface area contributed by atoms with Gasteiger partial charge in [0.25, 0.3) is 0 Å². The first kappa shape index (κ1) is 14.0. The summed E-state index contributed by atoms with van der Waals surface area (Å²) in [7, 11) is 0. The summed E-state index contributed by atoms with van der Waals surface area (Å²) < 4.78 is 1.98. The van der Waals surface area contributed by atoms with Crippen molar-refractivity contribution in [3.63, 3.8) is 0 Å². The molecular formula is C16H18N4S. The molecule has 3 rings (SSSR count). The Morgan fingerprint density at radius 3 is 2.67 bits per heavy atom. The van der Waals surface area contributed by atoms with E-state index in [0.717, 1.165) is 30.8 Å². The highest BCUT2D eigenvalue weighted by Gasteiger charge is 2.14. The number of nitrogens with zero attached hydrogens (tertiary/aromatic N) is 3. The van der Waals surface area contributed by atoms with Gasteiger partial charge in [0, 0.05) is 13.1 Å². The molecule has 0 aliphatic rings. The first-order valence-electron chi connectivity index (χ1n) is 7.08. The molecule has 0 radical (unpaired) electrons. The molecule has 0 atom stereocenters. The first-order chi connectivity index (χ1) is 10.4. The second-order valence-corrected chi connectivity index (χ2v) is 5.83. The molecule has 0 saturated carbocycles. The van der Waals surface area contributed by atoms with Crippen molar-refractivity contribution < 1.29 is 0 Å². The Kier molecular flexibility index (Phi) is 4.43. The van der Waals surface area contributed by atoms with Crippen LogP contribution in [0.15, 0.2) is 47.8 Å². The van der Waals surface area contributed by atoms with Crippen LogP contribution in [-0.4, -0.2) is 15.0 Å². The summed E-state index contributed by atoms with van der Waals surface area (Å²) in [6.07, 6.45) is 2.08. The van der Waals surface area contributed by atoms with Gasteiger partial charge in [0.1, 0.15) is 11.4 Å². The number of hydrogen-bond acceptors (Lipinski definition) is 4. The van der Waals surface area contributed by atoms with Gasteiger partial charge in [-0.05, 0) is 29.9 Å². The highest BCUT2D eigenvalue weighted by molar-refractivity contribution is 7.13. The maximum Gasteiger partial charge on any atom is 0.105 e. The predicted octanol–water partition coefficient (Wildman–Crippen LogP) is 3.10. The van der Waals surface area contributed by atoms with E-state index in [4.69, 9.17) is 5.73 Å². The first-order valence-corrected chi connectivity index (χ1v) is 7.96. The van der Waals surface area contributed by atoms with E-state index in [2.05, 4.69) is 46.0 Å². The van der Waals surface area contributed by atoms with Crippen molar-refractivity contribution in [3.05, 3.63) is 59.1 Å². The highest BCUT2D eigenvalue weighted by Crippen LogP contribution is 2.27. The largest absolute Gasteiger partial charge is 0.325 e. The monoisotopic (exact) mass is 298 g/mol. The number of benzene rings is 1. The average Bonchev–Trinajstić information content (AvgIpc) is 3.16. The molecule has 0 spiro atoms. The van der Waals surface area contributed by atoms with E-state index >= 15 is 0 Å².